The summed E-state index contributed by atoms with van der Waals surface area (Å²) in [6, 6.07) is 9.79. The fraction of sp³-hybridized carbons (Fsp3) is 0.368. The second-order valence-corrected chi connectivity index (χ2v) is 9.53. The predicted octanol–water partition coefficient (Wildman–Crippen LogP) is 2.84. The number of fused-ring (bicyclic) bond motifs is 2. The molecule has 9 heteroatoms. The van der Waals surface area contributed by atoms with Crippen LogP contribution in [0.2, 0.25) is 0 Å². The van der Waals surface area contributed by atoms with Crippen molar-refractivity contribution in [2.75, 3.05) is 35.6 Å². The summed E-state index contributed by atoms with van der Waals surface area (Å²) in [7, 11) is -1.04. The van der Waals surface area contributed by atoms with Crippen LogP contribution in [0.25, 0.3) is 10.2 Å². The Bertz CT molecular complexity index is 1020. The summed E-state index contributed by atoms with van der Waals surface area (Å²) >= 11 is 1.58. The summed E-state index contributed by atoms with van der Waals surface area (Å²) in [6.45, 7) is 3.26. The molecule has 0 radical (unpaired) electrons. The van der Waals surface area contributed by atoms with Crippen molar-refractivity contribution < 1.29 is 8.60 Å². The molecule has 0 saturated heterocycles. The molecular formula is C19H22FN5OS2. The Morgan fingerprint density at radius 1 is 1.39 bits per heavy atom. The molecule has 1 aliphatic rings. The number of nitrogens with two attached hydrogens (primary N) is 1. The van der Waals surface area contributed by atoms with Gasteiger partial charge in [-0.2, -0.15) is 4.98 Å². The van der Waals surface area contributed by atoms with Gasteiger partial charge in [-0.1, -0.05) is 18.2 Å². The van der Waals surface area contributed by atoms with E-state index >= 15 is 0 Å². The highest BCUT2D eigenvalue weighted by Crippen LogP contribution is 2.32. The first-order chi connectivity index (χ1) is 13.5. The Hall–Kier alpha value is -2.10. The Kier molecular flexibility index (Phi) is 5.56. The summed E-state index contributed by atoms with van der Waals surface area (Å²) in [6.07, 6.45) is -1.14. The molecule has 6 nitrogen and oxygen atoms in total. The Morgan fingerprint density at radius 2 is 2.21 bits per heavy atom. The van der Waals surface area contributed by atoms with Crippen LogP contribution in [0.15, 0.2) is 35.2 Å². The van der Waals surface area contributed by atoms with E-state index in [9.17, 15) is 8.60 Å². The predicted molar refractivity (Wildman–Crippen MR) is 113 cm³/mol. The molecule has 2 aromatic heterocycles. The van der Waals surface area contributed by atoms with E-state index < -0.39 is 17.0 Å². The first-order valence-corrected chi connectivity index (χ1v) is 11.3. The maximum Gasteiger partial charge on any atom is 0.228 e. The number of halogens is 1. The van der Waals surface area contributed by atoms with Crippen LogP contribution in [0.4, 0.5) is 16.2 Å². The molecule has 2 unspecified atom stereocenters. The van der Waals surface area contributed by atoms with Gasteiger partial charge in [-0.25, -0.2) is 9.37 Å². The van der Waals surface area contributed by atoms with E-state index in [4.69, 9.17) is 15.7 Å². The number of thiophene rings is 1. The first-order valence-electron chi connectivity index (χ1n) is 9.12. The fourth-order valence-corrected chi connectivity index (χ4v) is 5.38. The lowest BCUT2D eigenvalue weighted by Gasteiger charge is -2.21. The van der Waals surface area contributed by atoms with Gasteiger partial charge in [0.2, 0.25) is 5.95 Å². The van der Waals surface area contributed by atoms with Crippen LogP contribution in [-0.4, -0.2) is 45.7 Å². The largest absolute Gasteiger partial charge is 0.366 e. The van der Waals surface area contributed by atoms with E-state index in [2.05, 4.69) is 5.32 Å². The number of anilines is 2. The van der Waals surface area contributed by atoms with Crippen molar-refractivity contribution in [3.8, 4) is 0 Å². The lowest BCUT2D eigenvalue weighted by molar-refractivity contribution is 0.358. The Labute approximate surface area is 169 Å². The average Bonchev–Trinajstić information content (AvgIpc) is 3.00. The van der Waals surface area contributed by atoms with Crippen molar-refractivity contribution in [3.05, 3.63) is 40.8 Å². The molecular weight excluding hydrogens is 397 g/mol. The fourth-order valence-electron chi connectivity index (χ4n) is 3.20. The minimum absolute atomic E-state index is 0.0354. The normalized spacial score (nSPS) is 18.0. The van der Waals surface area contributed by atoms with Gasteiger partial charge in [0.15, 0.2) is 0 Å². The lowest BCUT2D eigenvalue weighted by atomic mass is 10.2. The van der Waals surface area contributed by atoms with Gasteiger partial charge >= 0.3 is 0 Å². The van der Waals surface area contributed by atoms with Crippen LogP contribution in [0.1, 0.15) is 10.4 Å². The van der Waals surface area contributed by atoms with Gasteiger partial charge < -0.3 is 16.0 Å². The number of nitrogens with zero attached hydrogens (tertiary/aromatic N) is 3. The number of hydrogen-bond donors (Lipinski definition) is 2. The van der Waals surface area contributed by atoms with Gasteiger partial charge in [0.1, 0.15) is 12.0 Å². The molecule has 4 rings (SSSR count). The highest BCUT2D eigenvalue weighted by Gasteiger charge is 2.22. The molecule has 0 saturated carbocycles. The van der Waals surface area contributed by atoms with Crippen LogP contribution in [-0.2, 0) is 17.3 Å². The molecule has 3 heterocycles. The molecule has 0 amide bonds. The van der Waals surface area contributed by atoms with Crippen molar-refractivity contribution in [1.82, 2.24) is 9.97 Å². The highest BCUT2D eigenvalue weighted by atomic mass is 32.2. The highest BCUT2D eigenvalue weighted by molar-refractivity contribution is 7.85. The molecule has 0 aliphatic carbocycles. The molecule has 148 valence electrons. The Balaban J connectivity index is 1.71. The summed E-state index contributed by atoms with van der Waals surface area (Å²) in [5.74, 6) is 1.70. The van der Waals surface area contributed by atoms with E-state index in [1.165, 1.54) is 0 Å². The third-order valence-corrected chi connectivity index (χ3v) is 7.13. The number of aryl methyl sites for hydroxylation is 1. The standard InChI is InChI=1S/C19H22FN5OS2/c1-12-8-15-17(27-12)18(22-10-14(20)9-21)24-19(23-15)25-6-7-28(26)16-5-3-2-4-13(16)11-25/h2-5,8,14H,6-7,9-11,21H2,1H3,(H,22,23,24). The number of alkyl halides is 1. The van der Waals surface area contributed by atoms with Crippen molar-refractivity contribution in [1.29, 1.82) is 0 Å². The summed E-state index contributed by atoms with van der Waals surface area (Å²) in [5.41, 5.74) is 7.24. The molecule has 0 bridgehead atoms. The van der Waals surface area contributed by atoms with Crippen molar-refractivity contribution in [2.24, 2.45) is 5.73 Å². The van der Waals surface area contributed by atoms with E-state index in [-0.39, 0.29) is 13.1 Å². The lowest BCUT2D eigenvalue weighted by Crippen LogP contribution is -2.28. The maximum absolute atomic E-state index is 13.7. The third-order valence-electron chi connectivity index (χ3n) is 4.64. The van der Waals surface area contributed by atoms with Gasteiger partial charge in [0.25, 0.3) is 0 Å². The van der Waals surface area contributed by atoms with E-state index in [1.807, 2.05) is 42.2 Å². The molecule has 3 N–H and O–H groups in total. The van der Waals surface area contributed by atoms with Crippen LogP contribution in [0, 0.1) is 6.92 Å². The van der Waals surface area contributed by atoms with Crippen LogP contribution < -0.4 is 16.0 Å². The topological polar surface area (TPSA) is 84.1 Å². The SMILES string of the molecule is Cc1cc2nc(N3CCS(=O)c4ccccc4C3)nc(NCC(F)CN)c2s1. The number of nitrogens with one attached hydrogen (secondary N) is 1. The van der Waals surface area contributed by atoms with E-state index in [1.54, 1.807) is 11.3 Å². The minimum atomic E-state index is -1.14. The molecule has 28 heavy (non-hydrogen) atoms. The number of rotatable bonds is 5. The van der Waals surface area contributed by atoms with Gasteiger partial charge in [-0.3, -0.25) is 4.21 Å². The molecule has 0 spiro atoms. The maximum atomic E-state index is 13.7. The minimum Gasteiger partial charge on any atom is -0.366 e. The van der Waals surface area contributed by atoms with Gasteiger partial charge in [0.05, 0.1) is 21.0 Å². The van der Waals surface area contributed by atoms with Gasteiger partial charge in [-0.15, -0.1) is 11.3 Å². The summed E-state index contributed by atoms with van der Waals surface area (Å²) in [4.78, 5) is 13.5. The van der Waals surface area contributed by atoms with Crippen LogP contribution in [0.3, 0.4) is 0 Å². The summed E-state index contributed by atoms with van der Waals surface area (Å²) < 4.78 is 27.1. The number of hydrogen-bond acceptors (Lipinski definition) is 7. The van der Waals surface area contributed by atoms with Crippen molar-refractivity contribution in [2.45, 2.75) is 24.5 Å². The van der Waals surface area contributed by atoms with Crippen LogP contribution >= 0.6 is 11.3 Å². The second kappa shape index (κ2) is 8.10. The second-order valence-electron chi connectivity index (χ2n) is 6.74. The zero-order valence-corrected chi connectivity index (χ0v) is 17.2. The Morgan fingerprint density at radius 3 is 3.04 bits per heavy atom. The zero-order valence-electron chi connectivity index (χ0n) is 15.5. The molecule has 1 aromatic carbocycles. The smallest absolute Gasteiger partial charge is 0.228 e. The number of aromatic nitrogens is 2. The zero-order chi connectivity index (χ0) is 19.7. The van der Waals surface area contributed by atoms with Crippen LogP contribution in [0.5, 0.6) is 0 Å². The third kappa shape index (κ3) is 3.87. The first kappa shape index (κ1) is 19.2. The van der Waals surface area contributed by atoms with Gasteiger partial charge in [-0.05, 0) is 24.6 Å². The quantitative estimate of drug-likeness (QED) is 0.662. The molecule has 2 atom stereocenters. The van der Waals surface area contributed by atoms with Gasteiger partial charge in [0, 0.05) is 41.7 Å². The molecule has 3 aromatic rings. The van der Waals surface area contributed by atoms with E-state index in [0.29, 0.717) is 30.6 Å². The molecule has 0 fully saturated rings. The number of benzene rings is 1. The van der Waals surface area contributed by atoms with Crippen molar-refractivity contribution >= 4 is 44.1 Å². The van der Waals surface area contributed by atoms with E-state index in [0.717, 1.165) is 25.6 Å². The van der Waals surface area contributed by atoms with Crippen molar-refractivity contribution in [3.63, 3.8) is 0 Å². The molecule has 1 aliphatic heterocycles. The monoisotopic (exact) mass is 419 g/mol. The summed E-state index contributed by atoms with van der Waals surface area (Å²) in [5, 5.41) is 3.09. The average molecular weight is 420 g/mol.